The molecule has 1 aliphatic rings. The van der Waals surface area contributed by atoms with Crippen LogP contribution in [0, 0.1) is 5.92 Å². The van der Waals surface area contributed by atoms with Crippen LogP contribution in [0.4, 0.5) is 5.82 Å². The molecule has 3 heterocycles. The Morgan fingerprint density at radius 3 is 2.70 bits per heavy atom. The lowest BCUT2D eigenvalue weighted by molar-refractivity contribution is -0.134. The number of anilines is 1. The first-order valence-electron chi connectivity index (χ1n) is 10.1. The lowest BCUT2D eigenvalue weighted by atomic mass is 9.95. The molecule has 1 saturated heterocycles. The van der Waals surface area contributed by atoms with Crippen molar-refractivity contribution in [2.45, 2.75) is 32.1 Å². The Bertz CT molecular complexity index is 996. The molecule has 156 valence electrons. The van der Waals surface area contributed by atoms with E-state index in [-0.39, 0.29) is 17.7 Å². The predicted octanol–water partition coefficient (Wildman–Crippen LogP) is 4.54. The van der Waals surface area contributed by atoms with E-state index in [1.807, 2.05) is 23.1 Å². The summed E-state index contributed by atoms with van der Waals surface area (Å²) in [6, 6.07) is 11.5. The van der Waals surface area contributed by atoms with Crippen molar-refractivity contribution in [2.75, 3.05) is 18.4 Å². The van der Waals surface area contributed by atoms with Gasteiger partial charge in [-0.05, 0) is 49.9 Å². The quantitative estimate of drug-likeness (QED) is 0.607. The Hall–Kier alpha value is -2.51. The number of aryl methyl sites for hydroxylation is 1. The first-order valence-corrected chi connectivity index (χ1v) is 11.3. The van der Waals surface area contributed by atoms with Crippen LogP contribution in [0.5, 0.6) is 0 Å². The predicted molar refractivity (Wildman–Crippen MR) is 120 cm³/mol. The van der Waals surface area contributed by atoms with Crippen LogP contribution in [-0.4, -0.2) is 39.8 Å². The first kappa shape index (κ1) is 20.8. The monoisotopic (exact) mass is 442 g/mol. The number of rotatable bonds is 6. The number of amides is 2. The summed E-state index contributed by atoms with van der Waals surface area (Å²) in [6.45, 7) is 1.23. The Balaban J connectivity index is 1.20. The molecule has 1 aromatic carbocycles. The van der Waals surface area contributed by atoms with Crippen molar-refractivity contribution in [1.29, 1.82) is 0 Å². The van der Waals surface area contributed by atoms with Gasteiger partial charge in [0.1, 0.15) is 5.82 Å². The molecule has 2 amide bonds. The highest BCUT2D eigenvalue weighted by atomic mass is 35.5. The minimum atomic E-state index is -0.103. The summed E-state index contributed by atoms with van der Waals surface area (Å²) in [5.74, 6) is 0.508. The van der Waals surface area contributed by atoms with E-state index in [0.29, 0.717) is 43.2 Å². The van der Waals surface area contributed by atoms with Crippen molar-refractivity contribution >= 4 is 50.8 Å². The number of piperidine rings is 1. The van der Waals surface area contributed by atoms with Crippen LogP contribution in [0.15, 0.2) is 42.6 Å². The van der Waals surface area contributed by atoms with Gasteiger partial charge in [-0.3, -0.25) is 9.59 Å². The molecule has 0 spiro atoms. The van der Waals surface area contributed by atoms with E-state index in [1.165, 1.54) is 10.9 Å². The molecule has 2 aromatic heterocycles. The van der Waals surface area contributed by atoms with E-state index in [2.05, 4.69) is 21.4 Å². The molecule has 4 rings (SSSR count). The second-order valence-corrected chi connectivity index (χ2v) is 8.99. The van der Waals surface area contributed by atoms with E-state index < -0.39 is 0 Å². The summed E-state index contributed by atoms with van der Waals surface area (Å²) in [5, 5.41) is 4.44. The third kappa shape index (κ3) is 5.15. The first-order chi connectivity index (χ1) is 14.6. The number of aromatic nitrogens is 2. The second-order valence-electron chi connectivity index (χ2n) is 7.43. The van der Waals surface area contributed by atoms with Crippen LogP contribution in [0.2, 0.25) is 5.02 Å². The van der Waals surface area contributed by atoms with Gasteiger partial charge in [-0.2, -0.15) is 0 Å². The minimum Gasteiger partial charge on any atom is -0.343 e. The molecule has 0 atom stereocenters. The molecule has 0 saturated carbocycles. The fraction of sp³-hybridized carbons (Fsp3) is 0.364. The van der Waals surface area contributed by atoms with E-state index in [1.54, 1.807) is 23.5 Å². The summed E-state index contributed by atoms with van der Waals surface area (Å²) in [6.07, 6.45) is 4.97. The Kier molecular flexibility index (Phi) is 6.59. The van der Waals surface area contributed by atoms with Gasteiger partial charge in [-0.25, -0.2) is 9.97 Å². The summed E-state index contributed by atoms with van der Waals surface area (Å²) in [5.41, 5.74) is 1.03. The molecule has 0 aliphatic carbocycles. The number of fused-ring (bicyclic) bond motifs is 1. The molecule has 0 bridgehead atoms. The number of hydrogen-bond acceptors (Lipinski definition) is 5. The summed E-state index contributed by atoms with van der Waals surface area (Å²) < 4.78 is 1.19. The molecule has 1 aliphatic heterocycles. The smallest absolute Gasteiger partial charge is 0.228 e. The van der Waals surface area contributed by atoms with Gasteiger partial charge in [0, 0.05) is 31.6 Å². The summed E-state index contributed by atoms with van der Waals surface area (Å²) in [4.78, 5) is 35.6. The standard InChI is InChI=1S/C22H23ClN4O2S/c23-16-8-9-19(24-14-16)26-22(29)15-10-12-27(13-11-15)21(28)7-3-6-20-25-17-4-1-2-5-18(17)30-20/h1-2,4-5,8-9,14-15H,3,6-7,10-13H2,(H,24,26,29). The fourth-order valence-electron chi connectivity index (χ4n) is 3.64. The number of thiazole rings is 1. The molecule has 3 aromatic rings. The molecule has 0 unspecified atom stereocenters. The zero-order valence-electron chi connectivity index (χ0n) is 16.5. The van der Waals surface area contributed by atoms with Crippen LogP contribution < -0.4 is 5.32 Å². The number of halogens is 1. The third-order valence-corrected chi connectivity index (χ3v) is 6.64. The molecule has 1 fully saturated rings. The maximum Gasteiger partial charge on any atom is 0.228 e. The van der Waals surface area contributed by atoms with E-state index in [4.69, 9.17) is 11.6 Å². The number of pyridine rings is 1. The lowest BCUT2D eigenvalue weighted by Gasteiger charge is -2.31. The van der Waals surface area contributed by atoms with Gasteiger partial charge >= 0.3 is 0 Å². The Morgan fingerprint density at radius 1 is 1.17 bits per heavy atom. The van der Waals surface area contributed by atoms with Crippen molar-refractivity contribution in [1.82, 2.24) is 14.9 Å². The molecule has 30 heavy (non-hydrogen) atoms. The number of nitrogens with one attached hydrogen (secondary N) is 1. The number of nitrogens with zero attached hydrogens (tertiary/aromatic N) is 3. The van der Waals surface area contributed by atoms with Crippen molar-refractivity contribution in [3.63, 3.8) is 0 Å². The molecule has 6 nitrogen and oxygen atoms in total. The summed E-state index contributed by atoms with van der Waals surface area (Å²) in [7, 11) is 0. The van der Waals surface area contributed by atoms with Gasteiger partial charge in [-0.1, -0.05) is 23.7 Å². The Labute approximate surface area is 184 Å². The summed E-state index contributed by atoms with van der Waals surface area (Å²) >= 11 is 7.51. The largest absolute Gasteiger partial charge is 0.343 e. The van der Waals surface area contributed by atoms with E-state index in [0.717, 1.165) is 23.4 Å². The van der Waals surface area contributed by atoms with Crippen molar-refractivity contribution in [2.24, 2.45) is 5.92 Å². The average Bonchev–Trinajstić information content (AvgIpc) is 3.18. The van der Waals surface area contributed by atoms with Crippen molar-refractivity contribution < 1.29 is 9.59 Å². The van der Waals surface area contributed by atoms with Crippen molar-refractivity contribution in [3.05, 3.63) is 52.6 Å². The van der Waals surface area contributed by atoms with Gasteiger partial charge in [0.15, 0.2) is 0 Å². The van der Waals surface area contributed by atoms with Gasteiger partial charge in [0.05, 0.1) is 20.2 Å². The van der Waals surface area contributed by atoms with Crippen molar-refractivity contribution in [3.8, 4) is 0 Å². The SMILES string of the molecule is O=C(Nc1ccc(Cl)cn1)C1CCN(C(=O)CCCc2nc3ccccc3s2)CC1. The molecule has 8 heteroatoms. The van der Waals surface area contributed by atoms with E-state index in [9.17, 15) is 9.59 Å². The number of carbonyl (C=O) groups excluding carboxylic acids is 2. The highest BCUT2D eigenvalue weighted by molar-refractivity contribution is 7.18. The van der Waals surface area contributed by atoms with Gasteiger partial charge in [-0.15, -0.1) is 11.3 Å². The average molecular weight is 443 g/mol. The van der Waals surface area contributed by atoms with Crippen LogP contribution >= 0.6 is 22.9 Å². The number of carbonyl (C=O) groups is 2. The van der Waals surface area contributed by atoms with Gasteiger partial charge < -0.3 is 10.2 Å². The molecule has 0 radical (unpaired) electrons. The van der Waals surface area contributed by atoms with Crippen LogP contribution in [0.1, 0.15) is 30.7 Å². The van der Waals surface area contributed by atoms with Gasteiger partial charge in [0.2, 0.25) is 11.8 Å². The molecular formula is C22H23ClN4O2S. The number of likely N-dealkylation sites (tertiary alicyclic amines) is 1. The zero-order valence-corrected chi connectivity index (χ0v) is 18.1. The Morgan fingerprint density at radius 2 is 1.97 bits per heavy atom. The maximum absolute atomic E-state index is 12.5. The van der Waals surface area contributed by atoms with E-state index >= 15 is 0 Å². The lowest BCUT2D eigenvalue weighted by Crippen LogP contribution is -2.41. The molecular weight excluding hydrogens is 420 g/mol. The van der Waals surface area contributed by atoms with Gasteiger partial charge in [0.25, 0.3) is 0 Å². The van der Waals surface area contributed by atoms with Crippen LogP contribution in [0.25, 0.3) is 10.2 Å². The topological polar surface area (TPSA) is 75.2 Å². The highest BCUT2D eigenvalue weighted by Crippen LogP contribution is 2.24. The molecule has 1 N–H and O–H groups in total. The normalized spacial score (nSPS) is 14.8. The highest BCUT2D eigenvalue weighted by Gasteiger charge is 2.27. The maximum atomic E-state index is 12.5. The number of hydrogen-bond donors (Lipinski definition) is 1. The van der Waals surface area contributed by atoms with Crippen LogP contribution in [0.3, 0.4) is 0 Å². The number of para-hydroxylation sites is 1. The minimum absolute atomic E-state index is 0.0484. The second kappa shape index (κ2) is 9.53. The number of benzene rings is 1. The third-order valence-electron chi connectivity index (χ3n) is 5.32. The fourth-order valence-corrected chi connectivity index (χ4v) is 4.77. The van der Waals surface area contributed by atoms with Crippen LogP contribution in [-0.2, 0) is 16.0 Å². The zero-order chi connectivity index (χ0) is 20.9.